The summed E-state index contributed by atoms with van der Waals surface area (Å²) in [7, 11) is -4.61. The lowest BCUT2D eigenvalue weighted by atomic mass is 9.81. The Hall–Kier alpha value is -10.5. The second-order valence-corrected chi connectivity index (χ2v) is 42.3. The topological polar surface area (TPSA) is 421 Å². The van der Waals surface area contributed by atoms with E-state index in [2.05, 4.69) is 120 Å². The van der Waals surface area contributed by atoms with Gasteiger partial charge in [0.15, 0.2) is 0 Å². The van der Waals surface area contributed by atoms with Gasteiger partial charge in [-0.15, -0.1) is 45.3 Å². The predicted octanol–water partition coefficient (Wildman–Crippen LogP) is 21.2. The smallest absolute Gasteiger partial charge is 0.456 e. The van der Waals surface area contributed by atoms with Gasteiger partial charge in [-0.1, -0.05) is 63.4 Å². The summed E-state index contributed by atoms with van der Waals surface area (Å²) in [5, 5.41) is 52.9. The van der Waals surface area contributed by atoms with Gasteiger partial charge in [0.1, 0.15) is 71.6 Å². The first kappa shape index (κ1) is 113. The lowest BCUT2D eigenvalue weighted by Crippen LogP contribution is -2.41. The zero-order chi connectivity index (χ0) is 105. The zero-order valence-electron chi connectivity index (χ0n) is 80.1. The fraction of sp³-hybridized carbons (Fsp3) is 0.464. The first-order chi connectivity index (χ1) is 68.4. The Kier molecular flexibility index (Phi) is 38.3. The molecule has 1 aliphatic heterocycles. The van der Waals surface area contributed by atoms with Crippen molar-refractivity contribution in [3.63, 3.8) is 0 Å². The number of carbonyl (C=O) groups is 4. The van der Waals surface area contributed by atoms with Crippen molar-refractivity contribution in [2.45, 2.75) is 224 Å². The molecule has 17 rings (SSSR count). The number of aliphatic hydroxyl groups is 3. The number of ketones is 4. The molecule has 0 spiro atoms. The second-order valence-electron chi connectivity index (χ2n) is 36.8. The molecule has 145 heavy (non-hydrogen) atoms. The van der Waals surface area contributed by atoms with Gasteiger partial charge >= 0.3 is 42.1 Å². The Balaban J connectivity index is 0.000000165. The van der Waals surface area contributed by atoms with Crippen LogP contribution in [0, 0.1) is 41.4 Å². The third kappa shape index (κ3) is 30.6. The predicted molar refractivity (Wildman–Crippen MR) is 524 cm³/mol. The van der Waals surface area contributed by atoms with Crippen molar-refractivity contribution in [2.24, 2.45) is 46.6 Å². The maximum Gasteiger partial charge on any atom is 0.495 e. The molecule has 782 valence electrons. The number of nitrogens with zero attached hydrogens (tertiary/aromatic N) is 8. The Morgan fingerprint density at radius 1 is 0.455 bits per heavy atom. The first-order valence-electron chi connectivity index (χ1n) is 46.3. The van der Waals surface area contributed by atoms with Gasteiger partial charge in [-0.2, -0.15) is 61.1 Å². The van der Waals surface area contributed by atoms with Crippen molar-refractivity contribution in [1.82, 2.24) is 39.9 Å². The minimum absolute atomic E-state index is 0.0750. The summed E-state index contributed by atoms with van der Waals surface area (Å²) in [5.41, 5.74) is 3.45. The van der Waals surface area contributed by atoms with E-state index in [1.807, 2.05) is 39.1 Å². The van der Waals surface area contributed by atoms with Gasteiger partial charge < -0.3 is 63.6 Å². The third-order valence-electron chi connectivity index (χ3n) is 25.8. The quantitative estimate of drug-likeness (QED) is 0.00897. The lowest BCUT2D eigenvalue weighted by Gasteiger charge is -2.32. The minimum Gasteiger partial charge on any atom is -0.456 e. The zero-order valence-corrected chi connectivity index (χ0v) is 85.8. The second kappa shape index (κ2) is 49.1. The van der Waals surface area contributed by atoms with Crippen molar-refractivity contribution >= 4 is 131 Å². The molecule has 0 amide bonds. The molecule has 4 aliphatic carbocycles. The van der Waals surface area contributed by atoms with Crippen molar-refractivity contribution in [1.29, 1.82) is 0 Å². The van der Waals surface area contributed by atoms with Crippen molar-refractivity contribution in [3.8, 4) is 0 Å². The van der Waals surface area contributed by atoms with Gasteiger partial charge in [-0.05, 0) is 238 Å². The summed E-state index contributed by atoms with van der Waals surface area (Å²) < 4.78 is 208. The van der Waals surface area contributed by atoms with E-state index in [9.17, 15) is 90.5 Å². The third-order valence-corrected chi connectivity index (χ3v) is 30.7. The molecule has 0 aromatic carbocycles. The largest absolute Gasteiger partial charge is 0.495 e. The van der Waals surface area contributed by atoms with Crippen LogP contribution in [0.1, 0.15) is 257 Å². The number of carbonyl (C=O) groups excluding carboxylic acids is 4. The number of anilines is 4. The van der Waals surface area contributed by atoms with E-state index in [1.165, 1.54) is 109 Å². The number of hydrogen-bond acceptors (Lipinski definition) is 32. The number of nitrogens with two attached hydrogens (primary N) is 1. The number of halogens is 13. The average molecular weight is 2190 g/mol. The van der Waals surface area contributed by atoms with Crippen molar-refractivity contribution in [2.75, 3.05) is 41.1 Å². The van der Waals surface area contributed by atoms with Crippen LogP contribution in [0.4, 0.5) is 76.0 Å². The summed E-state index contributed by atoms with van der Waals surface area (Å²) >= 11 is 7.96. The van der Waals surface area contributed by atoms with Gasteiger partial charge in [-0.25, -0.2) is 45.0 Å². The van der Waals surface area contributed by atoms with Crippen LogP contribution in [-0.4, -0.2) is 155 Å². The molecule has 29 nitrogen and oxygen atoms in total. The van der Waals surface area contributed by atoms with E-state index in [0.29, 0.717) is 112 Å². The molecular formula is C97H109BBrF12N13O16S5. The van der Waals surface area contributed by atoms with Gasteiger partial charge in [-0.3, -0.25) is 23.4 Å². The Morgan fingerprint density at radius 3 is 1.03 bits per heavy atom. The summed E-state index contributed by atoms with van der Waals surface area (Å²) in [6.45, 7) is 21.0. The monoisotopic (exact) mass is 2190 g/mol. The van der Waals surface area contributed by atoms with Gasteiger partial charge in [0.25, 0.3) is 0 Å². The van der Waals surface area contributed by atoms with Gasteiger partial charge in [0, 0.05) is 87.3 Å². The molecule has 0 unspecified atom stereocenters. The summed E-state index contributed by atoms with van der Waals surface area (Å²) in [4.78, 5) is 87.7. The fourth-order valence-corrected chi connectivity index (χ4v) is 21.6. The molecular weight excluding hydrogens is 2080 g/mol. The molecule has 12 aromatic rings. The van der Waals surface area contributed by atoms with Crippen LogP contribution in [0.3, 0.4) is 0 Å². The molecule has 0 radical (unpaired) electrons. The Labute approximate surface area is 852 Å². The standard InChI is InChI=1S/C23H32BN3O3S.C23H24F3N3O2S.C22H22F3N3O3S.C21H21F3N4O6S2.C6H4BrF3O.C2H6O/c1-7-15-9-17(8-14(15)2)27-21-18(11-25-13-26-21)20(28)19-10-16(12-31-19)24-29-22(3,4)23(5,6)30-24;1-3-15-9-16(6-13(15)2)29-22-18(10-27-12-28-22)21(30)19-8-14(11-32-19)7-17-4-5-20(31-17)23(24,25)26;1-12-4-15(7-14(12)9-29)28-21-17(8-26-11-27-21)20(30)18-6-13(10-32-18)5-16-2-3-19(31-16)22(23,24)25;22-21(23,24)18-2-1-14(34-18)3-11-4-17(35-9-11)19(30)15-7-26-10-27-20(15)28-13-5-12(16(29)6-13)8-33-36(25,31)32;7-3-4-1-2-5(11-4)6(8,9)10;1-2-3/h10-15,17H,7-9H2,1-6H3,(H,25,26,27);4-5,8,10-13,15-16H,3,6-7,9H2,1-2H3,(H,27,28,29);2-3,6,8,10-12,14-15,29H,4-5,7,9H2,1H3,(H,26,27,28);1-2,4,7,9-10,12-13,16,29H,3,5-6,8H2,(H2,25,31,32)(H,26,27,28);1-2H,3H2;3H,2H2,1H3/t14-,15-,17-;13-,15-,16-;12-,14+,15-;12-,13-,16+;;/m0001../s1. The molecule has 5 aliphatic rings. The fourth-order valence-electron chi connectivity index (χ4n) is 17.5. The van der Waals surface area contributed by atoms with Crippen LogP contribution in [0.15, 0.2) is 162 Å². The van der Waals surface area contributed by atoms with Crippen LogP contribution in [0.2, 0.25) is 0 Å². The van der Waals surface area contributed by atoms with Gasteiger partial charge in [0.2, 0.25) is 46.2 Å². The highest BCUT2D eigenvalue weighted by molar-refractivity contribution is 9.08. The summed E-state index contributed by atoms with van der Waals surface area (Å²) in [5.74, 6) is 0.331. The van der Waals surface area contributed by atoms with Crippen LogP contribution < -0.4 is 31.9 Å². The number of thiophene rings is 4. The van der Waals surface area contributed by atoms with Crippen molar-refractivity contribution in [3.05, 3.63) is 249 Å². The van der Waals surface area contributed by atoms with E-state index in [0.717, 1.165) is 91.9 Å². The summed E-state index contributed by atoms with van der Waals surface area (Å²) in [6, 6.07) is 15.9. The number of furan rings is 4. The maximum absolute atomic E-state index is 13.3. The van der Waals surface area contributed by atoms with Gasteiger partial charge in [0.05, 0.1) is 71.0 Å². The van der Waals surface area contributed by atoms with Crippen molar-refractivity contribution < 1.29 is 127 Å². The van der Waals surface area contributed by atoms with Crippen LogP contribution in [-0.2, 0) is 73.1 Å². The summed E-state index contributed by atoms with van der Waals surface area (Å²) in [6.07, 6.45) is 1.91. The molecule has 0 bridgehead atoms. The van der Waals surface area contributed by atoms with E-state index in [4.69, 9.17) is 32.8 Å². The molecule has 13 heterocycles. The van der Waals surface area contributed by atoms with E-state index in [-0.39, 0.29) is 121 Å². The highest BCUT2D eigenvalue weighted by Gasteiger charge is 2.53. The molecule has 9 N–H and O–H groups in total. The number of aliphatic hydroxyl groups excluding tert-OH is 3. The number of alkyl halides is 13. The number of nitrogens with one attached hydrogen (secondary N) is 4. The van der Waals surface area contributed by atoms with E-state index >= 15 is 0 Å². The molecule has 48 heteroatoms. The molecule has 12 aromatic heterocycles. The maximum atomic E-state index is 13.3. The molecule has 1 saturated heterocycles. The number of aromatic nitrogens is 8. The lowest BCUT2D eigenvalue weighted by molar-refractivity contribution is -0.154. The molecule has 5 fully saturated rings. The van der Waals surface area contributed by atoms with E-state index < -0.39 is 94.2 Å². The Bertz CT molecular complexity index is 6250. The SMILES string of the molecule is CCO.CC[C@H]1C[C@@H](Nc2ncncc2C(=O)c2cc(B3OC(C)(C)C(C)(C)O3)cs2)C[C@@H]1C.CC[C@H]1C[C@@H](Nc2ncncc2C(=O)c2cc(Cc3ccc(C(F)(F)F)o3)cs2)C[C@@H]1C.C[C@H]1C[C@H](Nc2ncncc2C(=O)c2cc(Cc3ccc(C(F)(F)F)o3)cs2)C[C@@H]1CO.FC(F)(F)c1ccc(CBr)o1.NS(=O)(=O)OC[C@H]1C[C@@H](Nc2ncncc2C(=O)c2cc(Cc3ccc(C(F)(F)F)o3)cs2)C[C@@H]1O. The van der Waals surface area contributed by atoms with Crippen LogP contribution >= 0.6 is 61.3 Å². The normalized spacial score (nSPS) is 21.2. The van der Waals surface area contributed by atoms with Crippen LogP contribution in [0.25, 0.3) is 0 Å². The highest BCUT2D eigenvalue weighted by Crippen LogP contribution is 2.44. The number of hydrogen-bond donors (Lipinski definition) is 8. The molecule has 12 atom stereocenters. The van der Waals surface area contributed by atoms with E-state index in [1.54, 1.807) is 47.5 Å². The van der Waals surface area contributed by atoms with Crippen LogP contribution in [0.5, 0.6) is 0 Å². The first-order valence-corrected chi connectivity index (χ1v) is 52.4. The Morgan fingerprint density at radius 2 is 0.745 bits per heavy atom. The number of rotatable bonds is 30. The minimum atomic E-state index is -4.57. The highest BCUT2D eigenvalue weighted by atomic mass is 79.9. The average Bonchev–Trinajstić information content (AvgIpc) is 1.61. The molecule has 4 saturated carbocycles.